The Balaban J connectivity index is 2.43. The Morgan fingerprint density at radius 3 is 2.77 bits per heavy atom. The molecule has 0 saturated carbocycles. The second-order valence-corrected chi connectivity index (χ2v) is 5.52. The fraction of sp³-hybridized carbons (Fsp3) is 0.438. The smallest absolute Gasteiger partial charge is 0.310 e. The van der Waals surface area contributed by atoms with Gasteiger partial charge in [-0.1, -0.05) is 24.6 Å². The molecule has 0 spiro atoms. The molecule has 2 N–H and O–H groups in total. The predicted molar refractivity (Wildman–Crippen MR) is 85.0 cm³/mol. The monoisotopic (exact) mass is 325 g/mol. The predicted octanol–water partition coefficient (Wildman–Crippen LogP) is 3.33. The van der Waals surface area contributed by atoms with E-state index in [0.717, 1.165) is 6.42 Å². The third-order valence-corrected chi connectivity index (χ3v) is 3.77. The molecule has 22 heavy (non-hydrogen) atoms. The molecule has 5 nitrogen and oxygen atoms in total. The minimum absolute atomic E-state index is 0.0998. The number of carbonyl (C=O) groups is 1. The number of hydrogen-bond acceptors (Lipinski definition) is 5. The number of hydrogen-bond donors (Lipinski definition) is 2. The first-order chi connectivity index (χ1) is 10.5. The van der Waals surface area contributed by atoms with Crippen molar-refractivity contribution in [1.29, 1.82) is 0 Å². The maximum atomic E-state index is 11.7. The van der Waals surface area contributed by atoms with Crippen molar-refractivity contribution in [1.82, 2.24) is 0 Å². The molecule has 0 bridgehead atoms. The highest BCUT2D eigenvalue weighted by Gasteiger charge is 2.32. The van der Waals surface area contributed by atoms with Crippen LogP contribution in [-0.2, 0) is 9.53 Å². The Morgan fingerprint density at radius 2 is 2.14 bits per heavy atom. The zero-order chi connectivity index (χ0) is 16.3. The molecule has 1 aliphatic heterocycles. The van der Waals surface area contributed by atoms with Crippen LogP contribution in [0, 0.1) is 0 Å². The molecule has 1 aromatic rings. The van der Waals surface area contributed by atoms with E-state index < -0.39 is 12.1 Å². The van der Waals surface area contributed by atoms with E-state index in [1.165, 1.54) is 0 Å². The maximum absolute atomic E-state index is 11.7. The molecule has 2 rings (SSSR count). The zero-order valence-electron chi connectivity index (χ0n) is 12.7. The van der Waals surface area contributed by atoms with Gasteiger partial charge in [0.05, 0.1) is 18.7 Å². The van der Waals surface area contributed by atoms with Crippen LogP contribution >= 0.6 is 11.6 Å². The molecular formula is C16H20ClNO4. The fourth-order valence-corrected chi connectivity index (χ4v) is 2.74. The van der Waals surface area contributed by atoms with Crippen LogP contribution in [-0.4, -0.2) is 29.3 Å². The Kier molecular flexibility index (Phi) is 5.32. The van der Waals surface area contributed by atoms with Crippen LogP contribution in [0.5, 0.6) is 0 Å². The molecule has 1 aliphatic rings. The van der Waals surface area contributed by atoms with Crippen molar-refractivity contribution < 1.29 is 19.7 Å². The molecule has 1 aromatic carbocycles. The summed E-state index contributed by atoms with van der Waals surface area (Å²) in [5, 5.41) is 21.5. The van der Waals surface area contributed by atoms with Gasteiger partial charge in [0.25, 0.3) is 0 Å². The summed E-state index contributed by atoms with van der Waals surface area (Å²) in [6.45, 7) is 4.50. The van der Waals surface area contributed by atoms with E-state index in [4.69, 9.17) is 16.3 Å². The molecule has 0 fully saturated rings. The quantitative estimate of drug-likeness (QED) is 0.813. The Hall–Kier alpha value is -1.72. The molecular weight excluding hydrogens is 306 g/mol. The third kappa shape index (κ3) is 3.20. The summed E-state index contributed by atoms with van der Waals surface area (Å²) < 4.78 is 4.91. The van der Waals surface area contributed by atoms with Crippen LogP contribution in [0.1, 0.15) is 38.4 Å². The Labute approximate surface area is 134 Å². The fourth-order valence-electron chi connectivity index (χ4n) is 2.57. The van der Waals surface area contributed by atoms with Gasteiger partial charge < -0.3 is 19.8 Å². The number of ether oxygens (including phenoxy) is 1. The summed E-state index contributed by atoms with van der Waals surface area (Å²) in [6, 6.07) is 5.09. The number of halogens is 1. The highest BCUT2D eigenvalue weighted by atomic mass is 35.5. The minimum atomic E-state index is -1.05. The molecule has 1 atom stereocenters. The summed E-state index contributed by atoms with van der Waals surface area (Å²) >= 11 is 6.02. The molecule has 120 valence electrons. The lowest BCUT2D eigenvalue weighted by Gasteiger charge is -2.34. The van der Waals surface area contributed by atoms with Crippen molar-refractivity contribution in [3.05, 3.63) is 40.2 Å². The molecule has 0 saturated heterocycles. The van der Waals surface area contributed by atoms with E-state index in [-0.39, 0.29) is 24.5 Å². The third-order valence-electron chi connectivity index (χ3n) is 3.54. The lowest BCUT2D eigenvalue weighted by Crippen LogP contribution is -2.32. The van der Waals surface area contributed by atoms with Gasteiger partial charge in [-0.2, -0.15) is 0 Å². The van der Waals surface area contributed by atoms with Crippen LogP contribution in [0.2, 0.25) is 5.02 Å². The maximum Gasteiger partial charge on any atom is 0.310 e. The van der Waals surface area contributed by atoms with Crippen LogP contribution < -0.4 is 4.90 Å². The normalized spacial score (nSPS) is 17.5. The Morgan fingerprint density at radius 1 is 1.41 bits per heavy atom. The summed E-state index contributed by atoms with van der Waals surface area (Å²) in [7, 11) is 0. The molecule has 0 aromatic heterocycles. The van der Waals surface area contributed by atoms with E-state index in [2.05, 4.69) is 0 Å². The number of esters is 1. The number of carbonyl (C=O) groups excluding carboxylic acids is 1. The van der Waals surface area contributed by atoms with Crippen molar-refractivity contribution in [2.24, 2.45) is 0 Å². The van der Waals surface area contributed by atoms with Gasteiger partial charge in [-0.3, -0.25) is 4.79 Å². The standard InChI is InChI=1S/C16H20ClNO4/c1-3-7-18-13-8-10(17)5-6-11(13)15(20)12(16(18)21)9-14(19)22-4-2/h5-6,8,15,20-21H,3-4,7,9H2,1-2H3. The number of benzene rings is 1. The van der Waals surface area contributed by atoms with Crippen molar-refractivity contribution in [2.75, 3.05) is 18.1 Å². The van der Waals surface area contributed by atoms with Crippen molar-refractivity contribution >= 4 is 23.3 Å². The largest absolute Gasteiger partial charge is 0.494 e. The van der Waals surface area contributed by atoms with Crippen molar-refractivity contribution in [2.45, 2.75) is 32.8 Å². The van der Waals surface area contributed by atoms with Gasteiger partial charge in [0.15, 0.2) is 5.88 Å². The molecule has 1 unspecified atom stereocenters. The van der Waals surface area contributed by atoms with Gasteiger partial charge in [0, 0.05) is 22.7 Å². The molecule has 1 heterocycles. The van der Waals surface area contributed by atoms with Gasteiger partial charge in [-0.15, -0.1) is 0 Å². The molecule has 0 amide bonds. The van der Waals surface area contributed by atoms with Gasteiger partial charge in [-0.05, 0) is 25.5 Å². The van der Waals surface area contributed by atoms with Gasteiger partial charge in [-0.25, -0.2) is 0 Å². The van der Waals surface area contributed by atoms with Crippen LogP contribution in [0.25, 0.3) is 0 Å². The van der Waals surface area contributed by atoms with E-state index in [9.17, 15) is 15.0 Å². The molecule has 0 radical (unpaired) electrons. The van der Waals surface area contributed by atoms with Gasteiger partial charge in [0.2, 0.25) is 0 Å². The highest BCUT2D eigenvalue weighted by molar-refractivity contribution is 6.30. The number of aliphatic hydroxyl groups is 2. The zero-order valence-corrected chi connectivity index (χ0v) is 13.4. The Bertz CT molecular complexity index is 600. The van der Waals surface area contributed by atoms with Crippen molar-refractivity contribution in [3.8, 4) is 0 Å². The first-order valence-corrected chi connectivity index (χ1v) is 7.70. The highest BCUT2D eigenvalue weighted by Crippen LogP contribution is 2.41. The van der Waals surface area contributed by atoms with Gasteiger partial charge >= 0.3 is 5.97 Å². The summed E-state index contributed by atoms with van der Waals surface area (Å²) in [6.07, 6.45) is -0.410. The molecule has 6 heteroatoms. The van der Waals surface area contributed by atoms with E-state index in [0.29, 0.717) is 22.8 Å². The second-order valence-electron chi connectivity index (χ2n) is 5.09. The lowest BCUT2D eigenvalue weighted by atomic mass is 9.93. The summed E-state index contributed by atoms with van der Waals surface area (Å²) in [5.74, 6) is -0.575. The number of fused-ring (bicyclic) bond motifs is 1. The van der Waals surface area contributed by atoms with Crippen molar-refractivity contribution in [3.63, 3.8) is 0 Å². The van der Waals surface area contributed by atoms with Crippen LogP contribution in [0.3, 0.4) is 0 Å². The summed E-state index contributed by atoms with van der Waals surface area (Å²) in [5.41, 5.74) is 1.53. The van der Waals surface area contributed by atoms with E-state index in [1.54, 1.807) is 30.0 Å². The summed E-state index contributed by atoms with van der Waals surface area (Å²) in [4.78, 5) is 13.4. The average molecular weight is 326 g/mol. The van der Waals surface area contributed by atoms with Crippen LogP contribution in [0.15, 0.2) is 29.7 Å². The first-order valence-electron chi connectivity index (χ1n) is 7.32. The number of aliphatic hydroxyl groups excluding tert-OH is 2. The van der Waals surface area contributed by atoms with E-state index >= 15 is 0 Å². The SMILES string of the molecule is CCCN1C(O)=C(CC(=O)OCC)C(O)c2ccc(Cl)cc21. The average Bonchev–Trinajstić information content (AvgIpc) is 2.48. The number of nitrogens with zero attached hydrogens (tertiary/aromatic N) is 1. The van der Waals surface area contributed by atoms with E-state index in [1.807, 2.05) is 6.92 Å². The second kappa shape index (κ2) is 7.03. The topological polar surface area (TPSA) is 70.0 Å². The van der Waals surface area contributed by atoms with Gasteiger partial charge in [0.1, 0.15) is 6.10 Å². The number of rotatable bonds is 5. The number of anilines is 1. The lowest BCUT2D eigenvalue weighted by molar-refractivity contribution is -0.142. The van der Waals surface area contributed by atoms with Crippen LogP contribution in [0.4, 0.5) is 5.69 Å². The first kappa shape index (κ1) is 16.6. The minimum Gasteiger partial charge on any atom is -0.494 e. The molecule has 0 aliphatic carbocycles.